The molecule has 2 aromatic carbocycles. The first-order valence-corrected chi connectivity index (χ1v) is 10.2. The van der Waals surface area contributed by atoms with Crippen molar-refractivity contribution < 1.29 is 14.4 Å². The van der Waals surface area contributed by atoms with E-state index in [0.717, 1.165) is 23.2 Å². The zero-order chi connectivity index (χ0) is 22.3. The molecule has 0 spiro atoms. The Morgan fingerprint density at radius 3 is 2.27 bits per heavy atom. The molecule has 1 unspecified atom stereocenters. The lowest BCUT2D eigenvalue weighted by atomic mass is 10.0. The largest absolute Gasteiger partial charge is 0.340 e. The fourth-order valence-electron chi connectivity index (χ4n) is 3.23. The normalized spacial score (nSPS) is 11.7. The summed E-state index contributed by atoms with van der Waals surface area (Å²) in [5.41, 5.74) is 3.16. The highest BCUT2D eigenvalue weighted by molar-refractivity contribution is 6.00. The molecule has 0 saturated heterocycles. The van der Waals surface area contributed by atoms with Crippen LogP contribution in [0.3, 0.4) is 0 Å². The third-order valence-electron chi connectivity index (χ3n) is 5.04. The molecule has 160 valence electrons. The van der Waals surface area contributed by atoms with Crippen LogP contribution < -0.4 is 10.6 Å². The smallest absolute Gasteiger partial charge is 0.252 e. The summed E-state index contributed by atoms with van der Waals surface area (Å²) >= 11 is 0. The number of benzene rings is 2. The summed E-state index contributed by atoms with van der Waals surface area (Å²) in [5.74, 6) is -1.00. The number of nitrogens with zero attached hydrogens (tertiary/aromatic N) is 1. The molecule has 0 heterocycles. The van der Waals surface area contributed by atoms with Crippen molar-refractivity contribution in [3.63, 3.8) is 0 Å². The molecule has 0 aliphatic rings. The van der Waals surface area contributed by atoms with Crippen LogP contribution >= 0.6 is 0 Å². The van der Waals surface area contributed by atoms with E-state index < -0.39 is 6.04 Å². The summed E-state index contributed by atoms with van der Waals surface area (Å²) in [6.07, 6.45) is 0.797. The second kappa shape index (κ2) is 10.6. The highest BCUT2D eigenvalue weighted by Gasteiger charge is 2.28. The monoisotopic (exact) mass is 409 g/mol. The Kier molecular flexibility index (Phi) is 8.16. The number of aryl methyl sites for hydroxylation is 2. The molecule has 1 atom stereocenters. The zero-order valence-corrected chi connectivity index (χ0v) is 18.4. The summed E-state index contributed by atoms with van der Waals surface area (Å²) in [6.45, 7) is 7.51. The number of carbonyl (C=O) groups excluding carboxylic acids is 3. The molecular weight excluding hydrogens is 378 g/mol. The van der Waals surface area contributed by atoms with Crippen LogP contribution in [0.5, 0.6) is 0 Å². The molecule has 3 amide bonds. The van der Waals surface area contributed by atoms with E-state index in [2.05, 4.69) is 10.6 Å². The number of para-hydroxylation sites is 1. The predicted octanol–water partition coefficient (Wildman–Crippen LogP) is 3.41. The van der Waals surface area contributed by atoms with Crippen LogP contribution in [0.15, 0.2) is 48.5 Å². The van der Waals surface area contributed by atoms with Crippen LogP contribution in [-0.2, 0) is 16.0 Å². The van der Waals surface area contributed by atoms with Gasteiger partial charge in [0.25, 0.3) is 5.91 Å². The number of nitrogens with one attached hydrogen (secondary N) is 2. The van der Waals surface area contributed by atoms with Gasteiger partial charge < -0.3 is 15.5 Å². The Hall–Kier alpha value is -3.15. The van der Waals surface area contributed by atoms with Gasteiger partial charge in [0, 0.05) is 18.3 Å². The minimum Gasteiger partial charge on any atom is -0.340 e. The maximum absolute atomic E-state index is 13.0. The van der Waals surface area contributed by atoms with Gasteiger partial charge in [-0.05, 0) is 42.5 Å². The van der Waals surface area contributed by atoms with Crippen molar-refractivity contribution in [2.75, 3.05) is 18.9 Å². The first-order valence-electron chi connectivity index (χ1n) is 10.2. The molecule has 2 N–H and O–H groups in total. The Balaban J connectivity index is 2.04. The number of hydrogen-bond acceptors (Lipinski definition) is 3. The lowest BCUT2D eigenvalue weighted by Crippen LogP contribution is -2.51. The van der Waals surface area contributed by atoms with Gasteiger partial charge in [-0.25, -0.2) is 0 Å². The number of carbonyl (C=O) groups is 3. The number of rotatable bonds is 8. The third-order valence-corrected chi connectivity index (χ3v) is 5.04. The molecule has 30 heavy (non-hydrogen) atoms. The van der Waals surface area contributed by atoms with Crippen LogP contribution in [-0.4, -0.2) is 42.3 Å². The molecular formula is C24H31N3O3. The van der Waals surface area contributed by atoms with E-state index in [1.165, 1.54) is 4.90 Å². The summed E-state index contributed by atoms with van der Waals surface area (Å²) in [6, 6.07) is 14.1. The molecule has 2 aromatic rings. The van der Waals surface area contributed by atoms with E-state index in [0.29, 0.717) is 5.56 Å². The van der Waals surface area contributed by atoms with Crippen LogP contribution in [0.2, 0.25) is 0 Å². The minimum absolute atomic E-state index is 0.0969. The standard InChI is InChI=1S/C24H31N3O3/c1-6-18-12-8-10-14-20(18)25-21(28)15-27(5)24(30)22(16(2)3)26-23(29)19-13-9-7-11-17(19)4/h7-14,16,22H,6,15H2,1-5H3,(H,25,28)(H,26,29). The van der Waals surface area contributed by atoms with E-state index in [4.69, 9.17) is 0 Å². The van der Waals surface area contributed by atoms with Crippen molar-refractivity contribution in [2.45, 2.75) is 40.2 Å². The second-order valence-electron chi connectivity index (χ2n) is 7.76. The van der Waals surface area contributed by atoms with Crippen molar-refractivity contribution in [2.24, 2.45) is 5.92 Å². The summed E-state index contributed by atoms with van der Waals surface area (Å²) in [7, 11) is 1.57. The summed E-state index contributed by atoms with van der Waals surface area (Å²) < 4.78 is 0. The fraction of sp³-hybridized carbons (Fsp3) is 0.375. The minimum atomic E-state index is -0.724. The van der Waals surface area contributed by atoms with E-state index in [9.17, 15) is 14.4 Å². The van der Waals surface area contributed by atoms with Crippen LogP contribution in [0.25, 0.3) is 0 Å². The Bertz CT molecular complexity index is 908. The van der Waals surface area contributed by atoms with Crippen molar-refractivity contribution in [3.8, 4) is 0 Å². The first-order chi connectivity index (χ1) is 14.2. The van der Waals surface area contributed by atoms with E-state index in [1.807, 2.05) is 64.1 Å². The van der Waals surface area contributed by atoms with Gasteiger partial charge in [0.2, 0.25) is 11.8 Å². The van der Waals surface area contributed by atoms with Crippen molar-refractivity contribution in [1.29, 1.82) is 0 Å². The lowest BCUT2D eigenvalue weighted by Gasteiger charge is -2.27. The van der Waals surface area contributed by atoms with Crippen LogP contribution in [0.4, 0.5) is 5.69 Å². The van der Waals surface area contributed by atoms with Crippen molar-refractivity contribution >= 4 is 23.4 Å². The molecule has 0 radical (unpaired) electrons. The quantitative estimate of drug-likeness (QED) is 0.701. The molecule has 0 fully saturated rings. The van der Waals surface area contributed by atoms with Gasteiger partial charge in [0.05, 0.1) is 6.54 Å². The molecule has 0 bridgehead atoms. The number of anilines is 1. The molecule has 0 aliphatic carbocycles. The molecule has 0 aliphatic heterocycles. The SMILES string of the molecule is CCc1ccccc1NC(=O)CN(C)C(=O)C(NC(=O)c1ccccc1C)C(C)C. The molecule has 0 saturated carbocycles. The summed E-state index contributed by atoms with van der Waals surface area (Å²) in [5, 5.41) is 5.70. The molecule has 6 nitrogen and oxygen atoms in total. The zero-order valence-electron chi connectivity index (χ0n) is 18.4. The van der Waals surface area contributed by atoms with Crippen molar-refractivity contribution in [1.82, 2.24) is 10.2 Å². The van der Waals surface area contributed by atoms with Gasteiger partial charge in [0.15, 0.2) is 0 Å². The van der Waals surface area contributed by atoms with Gasteiger partial charge in [-0.15, -0.1) is 0 Å². The fourth-order valence-corrected chi connectivity index (χ4v) is 3.23. The summed E-state index contributed by atoms with van der Waals surface area (Å²) in [4.78, 5) is 39.5. The number of amides is 3. The molecule has 6 heteroatoms. The maximum atomic E-state index is 13.0. The van der Waals surface area contributed by atoms with Gasteiger partial charge in [0.1, 0.15) is 6.04 Å². The van der Waals surface area contributed by atoms with Crippen LogP contribution in [0, 0.1) is 12.8 Å². The first kappa shape index (κ1) is 23.1. The molecule has 0 aromatic heterocycles. The van der Waals surface area contributed by atoms with Gasteiger partial charge >= 0.3 is 0 Å². The number of likely N-dealkylation sites (N-methyl/N-ethyl adjacent to an activating group) is 1. The van der Waals surface area contributed by atoms with Gasteiger partial charge in [-0.2, -0.15) is 0 Å². The van der Waals surface area contributed by atoms with Gasteiger partial charge in [-0.3, -0.25) is 14.4 Å². The average Bonchev–Trinajstić information content (AvgIpc) is 2.71. The van der Waals surface area contributed by atoms with E-state index >= 15 is 0 Å². The Morgan fingerprint density at radius 1 is 1.00 bits per heavy atom. The Morgan fingerprint density at radius 2 is 1.63 bits per heavy atom. The van der Waals surface area contributed by atoms with Crippen molar-refractivity contribution in [3.05, 3.63) is 65.2 Å². The lowest BCUT2D eigenvalue weighted by molar-refractivity contribution is -0.135. The average molecular weight is 410 g/mol. The van der Waals surface area contributed by atoms with Crippen LogP contribution in [0.1, 0.15) is 42.3 Å². The van der Waals surface area contributed by atoms with Gasteiger partial charge in [-0.1, -0.05) is 57.2 Å². The Labute approximate surface area is 178 Å². The highest BCUT2D eigenvalue weighted by Crippen LogP contribution is 2.15. The topological polar surface area (TPSA) is 78.5 Å². The predicted molar refractivity (Wildman–Crippen MR) is 119 cm³/mol. The number of hydrogen-bond donors (Lipinski definition) is 2. The highest BCUT2D eigenvalue weighted by atomic mass is 16.2. The van der Waals surface area contributed by atoms with E-state index in [-0.39, 0.29) is 30.2 Å². The third kappa shape index (κ3) is 5.92. The maximum Gasteiger partial charge on any atom is 0.252 e. The second-order valence-corrected chi connectivity index (χ2v) is 7.76. The van der Waals surface area contributed by atoms with E-state index in [1.54, 1.807) is 19.2 Å². The molecule has 2 rings (SSSR count).